The summed E-state index contributed by atoms with van der Waals surface area (Å²) in [6.45, 7) is 0. The van der Waals surface area contributed by atoms with E-state index >= 15 is 0 Å². The fourth-order valence-corrected chi connectivity index (χ4v) is 2.70. The van der Waals surface area contributed by atoms with Crippen LogP contribution in [0.25, 0.3) is 27.9 Å². The van der Waals surface area contributed by atoms with Gasteiger partial charge in [-0.05, 0) is 17.7 Å². The van der Waals surface area contributed by atoms with Gasteiger partial charge in [0, 0.05) is 11.6 Å². The van der Waals surface area contributed by atoms with Crippen molar-refractivity contribution >= 4 is 16.8 Å². The smallest absolute Gasteiger partial charge is 0.258 e. The second kappa shape index (κ2) is 4.61. The fourth-order valence-electron chi connectivity index (χ4n) is 2.70. The summed E-state index contributed by atoms with van der Waals surface area (Å²) in [7, 11) is 0. The lowest BCUT2D eigenvalue weighted by atomic mass is 10.0. The molecule has 0 atom stereocenters. The standard InChI is InChI=1S/C18H10N2O2/c19-11-14-13(12-6-2-1-3-7-12)10-17(21)20-15-8-4-5-9-16(15)22-18(14)20/h1-10H. The highest BCUT2D eigenvalue weighted by Gasteiger charge is 2.17. The molecule has 4 rings (SSSR count). The molecule has 2 aromatic heterocycles. The molecule has 4 nitrogen and oxygen atoms in total. The molecule has 0 bridgehead atoms. The summed E-state index contributed by atoms with van der Waals surface area (Å²) in [4.78, 5) is 12.5. The van der Waals surface area contributed by atoms with Crippen LogP contribution >= 0.6 is 0 Å². The van der Waals surface area contributed by atoms with Gasteiger partial charge in [-0.3, -0.25) is 4.79 Å². The van der Waals surface area contributed by atoms with Crippen LogP contribution < -0.4 is 5.56 Å². The minimum Gasteiger partial charge on any atom is -0.437 e. The van der Waals surface area contributed by atoms with E-state index in [0.29, 0.717) is 22.2 Å². The molecule has 0 unspecified atom stereocenters. The number of nitrogens with zero attached hydrogens (tertiary/aromatic N) is 2. The third-order valence-corrected chi connectivity index (χ3v) is 3.68. The average Bonchev–Trinajstić information content (AvgIpc) is 2.95. The number of fused-ring (bicyclic) bond motifs is 3. The first-order valence-corrected chi connectivity index (χ1v) is 6.82. The Morgan fingerprint density at radius 3 is 2.50 bits per heavy atom. The quantitative estimate of drug-likeness (QED) is 0.537. The molecule has 22 heavy (non-hydrogen) atoms. The number of rotatable bonds is 1. The maximum absolute atomic E-state index is 12.5. The van der Waals surface area contributed by atoms with E-state index in [9.17, 15) is 10.1 Å². The third-order valence-electron chi connectivity index (χ3n) is 3.68. The first kappa shape index (κ1) is 12.4. The number of para-hydroxylation sites is 2. The molecule has 104 valence electrons. The molecule has 4 aromatic rings. The van der Waals surface area contributed by atoms with Crippen molar-refractivity contribution < 1.29 is 4.42 Å². The van der Waals surface area contributed by atoms with Crippen molar-refractivity contribution in [2.24, 2.45) is 0 Å². The van der Waals surface area contributed by atoms with Crippen molar-refractivity contribution in [3.05, 3.63) is 76.6 Å². The zero-order valence-corrected chi connectivity index (χ0v) is 11.5. The molecule has 0 spiro atoms. The van der Waals surface area contributed by atoms with Crippen LogP contribution in [0.3, 0.4) is 0 Å². The molecule has 0 N–H and O–H groups in total. The maximum Gasteiger partial charge on any atom is 0.258 e. The summed E-state index contributed by atoms with van der Waals surface area (Å²) in [6, 6.07) is 20.3. The van der Waals surface area contributed by atoms with Gasteiger partial charge in [0.2, 0.25) is 5.71 Å². The largest absolute Gasteiger partial charge is 0.437 e. The second-order valence-electron chi connectivity index (χ2n) is 4.96. The molecule has 0 aliphatic carbocycles. The van der Waals surface area contributed by atoms with E-state index in [1.165, 1.54) is 10.5 Å². The maximum atomic E-state index is 12.5. The SMILES string of the molecule is N#Cc1c(-c2ccccc2)cc(=O)n2c1oc1ccccc12. The molecule has 0 amide bonds. The molecule has 0 radical (unpaired) electrons. The molecular formula is C18H10N2O2. The van der Waals surface area contributed by atoms with Gasteiger partial charge in [-0.2, -0.15) is 5.26 Å². The summed E-state index contributed by atoms with van der Waals surface area (Å²) in [6.07, 6.45) is 0. The lowest BCUT2D eigenvalue weighted by molar-refractivity contribution is 0.650. The molecule has 4 heteroatoms. The first-order valence-electron chi connectivity index (χ1n) is 6.82. The number of aromatic nitrogens is 1. The monoisotopic (exact) mass is 286 g/mol. The number of benzene rings is 2. The Hall–Kier alpha value is -3.32. The number of hydrogen-bond donors (Lipinski definition) is 0. The van der Waals surface area contributed by atoms with E-state index in [1.54, 1.807) is 12.1 Å². The molecule has 0 aliphatic heterocycles. The lowest BCUT2D eigenvalue weighted by Gasteiger charge is -2.04. The Morgan fingerprint density at radius 2 is 1.73 bits per heavy atom. The van der Waals surface area contributed by atoms with Gasteiger partial charge in [-0.15, -0.1) is 0 Å². The van der Waals surface area contributed by atoms with Gasteiger partial charge in [0.25, 0.3) is 5.56 Å². The Bertz CT molecular complexity index is 1100. The summed E-state index contributed by atoms with van der Waals surface area (Å²) in [5.74, 6) is 0. The molecule has 0 saturated heterocycles. The minimum absolute atomic E-state index is 0.210. The Kier molecular flexibility index (Phi) is 2.60. The van der Waals surface area contributed by atoms with Gasteiger partial charge in [-0.1, -0.05) is 42.5 Å². The van der Waals surface area contributed by atoms with E-state index in [-0.39, 0.29) is 11.3 Å². The summed E-state index contributed by atoms with van der Waals surface area (Å²) in [5.41, 5.74) is 3.10. The van der Waals surface area contributed by atoms with Gasteiger partial charge in [0.1, 0.15) is 11.6 Å². The number of pyridine rings is 1. The normalized spacial score (nSPS) is 10.9. The van der Waals surface area contributed by atoms with Crippen LogP contribution in [0.15, 0.2) is 69.9 Å². The van der Waals surface area contributed by atoms with Crippen molar-refractivity contribution in [3.8, 4) is 17.2 Å². The van der Waals surface area contributed by atoms with Crippen LogP contribution in [-0.4, -0.2) is 4.40 Å². The van der Waals surface area contributed by atoms with Crippen molar-refractivity contribution in [1.82, 2.24) is 4.40 Å². The predicted octanol–water partition coefficient (Wildman–Crippen LogP) is 3.58. The molecule has 0 aliphatic rings. The second-order valence-corrected chi connectivity index (χ2v) is 4.96. The van der Waals surface area contributed by atoms with Gasteiger partial charge in [0.15, 0.2) is 5.58 Å². The zero-order valence-electron chi connectivity index (χ0n) is 11.5. The molecule has 2 aromatic carbocycles. The molecule has 0 fully saturated rings. The Morgan fingerprint density at radius 1 is 1.00 bits per heavy atom. The lowest BCUT2D eigenvalue weighted by Crippen LogP contribution is -2.12. The van der Waals surface area contributed by atoms with Crippen LogP contribution in [0.1, 0.15) is 5.56 Å². The van der Waals surface area contributed by atoms with Gasteiger partial charge in [0.05, 0.1) is 5.52 Å². The highest BCUT2D eigenvalue weighted by Crippen LogP contribution is 2.28. The average molecular weight is 286 g/mol. The van der Waals surface area contributed by atoms with E-state index in [0.717, 1.165) is 5.56 Å². The zero-order chi connectivity index (χ0) is 15.1. The van der Waals surface area contributed by atoms with Gasteiger partial charge < -0.3 is 4.42 Å². The van der Waals surface area contributed by atoms with E-state index in [1.807, 2.05) is 42.5 Å². The molecule has 0 saturated carbocycles. The van der Waals surface area contributed by atoms with Gasteiger partial charge in [-0.25, -0.2) is 4.40 Å². The van der Waals surface area contributed by atoms with Crippen molar-refractivity contribution in [1.29, 1.82) is 5.26 Å². The summed E-state index contributed by atoms with van der Waals surface area (Å²) in [5, 5.41) is 9.57. The van der Waals surface area contributed by atoms with Crippen LogP contribution in [-0.2, 0) is 0 Å². The highest BCUT2D eigenvalue weighted by molar-refractivity contribution is 5.83. The van der Waals surface area contributed by atoms with Crippen LogP contribution in [0.2, 0.25) is 0 Å². The van der Waals surface area contributed by atoms with Crippen molar-refractivity contribution in [2.45, 2.75) is 0 Å². The van der Waals surface area contributed by atoms with E-state index in [2.05, 4.69) is 6.07 Å². The summed E-state index contributed by atoms with van der Waals surface area (Å²) < 4.78 is 7.20. The van der Waals surface area contributed by atoms with E-state index < -0.39 is 0 Å². The molecule has 2 heterocycles. The predicted molar refractivity (Wildman–Crippen MR) is 83.6 cm³/mol. The number of oxazole rings is 1. The highest BCUT2D eigenvalue weighted by atomic mass is 16.3. The topological polar surface area (TPSA) is 58.4 Å². The van der Waals surface area contributed by atoms with Crippen LogP contribution in [0.4, 0.5) is 0 Å². The number of nitriles is 1. The Labute approximate surface area is 125 Å². The van der Waals surface area contributed by atoms with Crippen molar-refractivity contribution in [3.63, 3.8) is 0 Å². The molecular weight excluding hydrogens is 276 g/mol. The van der Waals surface area contributed by atoms with Crippen LogP contribution in [0, 0.1) is 11.3 Å². The van der Waals surface area contributed by atoms with Gasteiger partial charge >= 0.3 is 0 Å². The Balaban J connectivity index is 2.20. The van der Waals surface area contributed by atoms with Crippen LogP contribution in [0.5, 0.6) is 0 Å². The third kappa shape index (κ3) is 1.66. The fraction of sp³-hybridized carbons (Fsp3) is 0. The number of hydrogen-bond acceptors (Lipinski definition) is 3. The first-order chi connectivity index (χ1) is 10.8. The van der Waals surface area contributed by atoms with Crippen molar-refractivity contribution in [2.75, 3.05) is 0 Å². The summed E-state index contributed by atoms with van der Waals surface area (Å²) >= 11 is 0. The minimum atomic E-state index is -0.210. The van der Waals surface area contributed by atoms with E-state index in [4.69, 9.17) is 4.42 Å².